The quantitative estimate of drug-likeness (QED) is 0.262. The molecule has 0 aliphatic carbocycles. The van der Waals surface area contributed by atoms with E-state index in [9.17, 15) is 10.2 Å². The first kappa shape index (κ1) is 24.6. The number of rotatable bonds is 17. The average Bonchev–Trinajstić information content (AvgIpc) is 3.04. The second-order valence-electron chi connectivity index (χ2n) is 7.65. The molecule has 0 spiro atoms. The van der Waals surface area contributed by atoms with Crippen molar-refractivity contribution in [3.05, 3.63) is 12.2 Å². The van der Waals surface area contributed by atoms with Crippen molar-refractivity contribution in [2.45, 2.75) is 108 Å². The normalized spacial score (nSPS) is 24.1. The molecular formula is C22H42O5. The van der Waals surface area contributed by atoms with Crippen LogP contribution in [0.1, 0.15) is 84.0 Å². The van der Waals surface area contributed by atoms with Crippen LogP contribution in [0.15, 0.2) is 12.2 Å². The summed E-state index contributed by atoms with van der Waals surface area (Å²) in [6.07, 6.45) is 16.7. The summed E-state index contributed by atoms with van der Waals surface area (Å²) in [7, 11) is 0. The fourth-order valence-corrected chi connectivity index (χ4v) is 3.54. The molecule has 5 nitrogen and oxygen atoms in total. The fourth-order valence-electron chi connectivity index (χ4n) is 3.54. The number of aliphatic hydroxyl groups excluding tert-OH is 3. The van der Waals surface area contributed by atoms with Crippen LogP contribution in [0.25, 0.3) is 0 Å². The monoisotopic (exact) mass is 386 g/mol. The van der Waals surface area contributed by atoms with Crippen molar-refractivity contribution in [2.24, 2.45) is 0 Å². The summed E-state index contributed by atoms with van der Waals surface area (Å²) >= 11 is 0. The molecule has 0 aromatic carbocycles. The van der Waals surface area contributed by atoms with Crippen molar-refractivity contribution >= 4 is 0 Å². The van der Waals surface area contributed by atoms with Gasteiger partial charge in [-0.25, -0.2) is 0 Å². The SMILES string of the molecule is CC/C=C/CCCCCCCCCCCCO[C@@H]1[C@H]([C@@H](O)CO)OC[C@H]1O. The number of ether oxygens (including phenoxy) is 2. The van der Waals surface area contributed by atoms with Gasteiger partial charge in [-0.3, -0.25) is 0 Å². The lowest BCUT2D eigenvalue weighted by atomic mass is 10.1. The van der Waals surface area contributed by atoms with Gasteiger partial charge in [0.05, 0.1) is 13.2 Å². The Morgan fingerprint density at radius 1 is 0.963 bits per heavy atom. The number of hydrogen-bond acceptors (Lipinski definition) is 5. The first-order valence-corrected chi connectivity index (χ1v) is 11.1. The lowest BCUT2D eigenvalue weighted by molar-refractivity contribution is -0.0938. The molecule has 1 aliphatic heterocycles. The van der Waals surface area contributed by atoms with Gasteiger partial charge in [0.1, 0.15) is 24.4 Å². The van der Waals surface area contributed by atoms with Gasteiger partial charge in [0.15, 0.2) is 0 Å². The van der Waals surface area contributed by atoms with Gasteiger partial charge >= 0.3 is 0 Å². The molecule has 1 rings (SSSR count). The van der Waals surface area contributed by atoms with Crippen LogP contribution in [0.4, 0.5) is 0 Å². The van der Waals surface area contributed by atoms with Crippen molar-refractivity contribution in [3.63, 3.8) is 0 Å². The van der Waals surface area contributed by atoms with Crippen LogP contribution in [0.3, 0.4) is 0 Å². The maximum Gasteiger partial charge on any atom is 0.114 e. The molecule has 0 aromatic heterocycles. The first-order chi connectivity index (χ1) is 13.2. The summed E-state index contributed by atoms with van der Waals surface area (Å²) in [6, 6.07) is 0. The largest absolute Gasteiger partial charge is 0.394 e. The Morgan fingerprint density at radius 2 is 1.56 bits per heavy atom. The van der Waals surface area contributed by atoms with Crippen LogP contribution in [-0.4, -0.2) is 59.6 Å². The van der Waals surface area contributed by atoms with E-state index in [0.717, 1.165) is 19.3 Å². The maximum absolute atomic E-state index is 9.87. The molecule has 1 aliphatic rings. The van der Waals surface area contributed by atoms with E-state index in [4.69, 9.17) is 14.6 Å². The predicted molar refractivity (Wildman–Crippen MR) is 109 cm³/mol. The van der Waals surface area contributed by atoms with E-state index in [1.54, 1.807) is 0 Å². The van der Waals surface area contributed by atoms with Crippen LogP contribution in [0.5, 0.6) is 0 Å². The zero-order valence-electron chi connectivity index (χ0n) is 17.2. The molecule has 4 atom stereocenters. The maximum atomic E-state index is 9.87. The van der Waals surface area contributed by atoms with Crippen LogP contribution in [-0.2, 0) is 9.47 Å². The van der Waals surface area contributed by atoms with E-state index in [0.29, 0.717) is 6.61 Å². The van der Waals surface area contributed by atoms with E-state index in [2.05, 4.69) is 19.1 Å². The van der Waals surface area contributed by atoms with Crippen molar-refractivity contribution in [1.29, 1.82) is 0 Å². The Bertz CT molecular complexity index is 361. The average molecular weight is 387 g/mol. The summed E-state index contributed by atoms with van der Waals surface area (Å²) in [5.74, 6) is 0. The topological polar surface area (TPSA) is 79.2 Å². The summed E-state index contributed by atoms with van der Waals surface area (Å²) in [5.41, 5.74) is 0. The molecule has 0 radical (unpaired) electrons. The highest BCUT2D eigenvalue weighted by atomic mass is 16.6. The number of unbranched alkanes of at least 4 members (excludes halogenated alkanes) is 10. The van der Waals surface area contributed by atoms with E-state index in [1.165, 1.54) is 57.8 Å². The highest BCUT2D eigenvalue weighted by Gasteiger charge is 2.40. The molecule has 0 bridgehead atoms. The molecular weight excluding hydrogens is 344 g/mol. The molecule has 1 fully saturated rings. The molecule has 3 N–H and O–H groups in total. The number of aliphatic hydroxyl groups is 3. The zero-order valence-corrected chi connectivity index (χ0v) is 17.2. The fraction of sp³-hybridized carbons (Fsp3) is 0.909. The van der Waals surface area contributed by atoms with E-state index >= 15 is 0 Å². The Morgan fingerprint density at radius 3 is 2.15 bits per heavy atom. The van der Waals surface area contributed by atoms with Crippen LogP contribution in [0, 0.1) is 0 Å². The van der Waals surface area contributed by atoms with E-state index in [1.807, 2.05) is 0 Å². The van der Waals surface area contributed by atoms with Gasteiger partial charge in [-0.1, -0.05) is 70.4 Å². The molecule has 1 heterocycles. The van der Waals surface area contributed by atoms with Gasteiger partial charge in [0, 0.05) is 6.61 Å². The van der Waals surface area contributed by atoms with Gasteiger partial charge in [0.25, 0.3) is 0 Å². The lowest BCUT2D eigenvalue weighted by Crippen LogP contribution is -2.42. The van der Waals surface area contributed by atoms with E-state index in [-0.39, 0.29) is 13.2 Å². The smallest absolute Gasteiger partial charge is 0.114 e. The third-order valence-electron chi connectivity index (χ3n) is 5.21. The Labute approximate surface area is 165 Å². The lowest BCUT2D eigenvalue weighted by Gasteiger charge is -2.23. The summed E-state index contributed by atoms with van der Waals surface area (Å²) in [6.45, 7) is 2.51. The van der Waals surface area contributed by atoms with Gasteiger partial charge in [-0.05, 0) is 25.7 Å². The second kappa shape index (κ2) is 16.5. The number of hydrogen-bond donors (Lipinski definition) is 3. The summed E-state index contributed by atoms with van der Waals surface area (Å²) < 4.78 is 11.0. The van der Waals surface area contributed by atoms with E-state index < -0.39 is 24.4 Å². The van der Waals surface area contributed by atoms with Gasteiger partial charge in [0.2, 0.25) is 0 Å². The Balaban J connectivity index is 1.88. The summed E-state index contributed by atoms with van der Waals surface area (Å²) in [4.78, 5) is 0. The van der Waals surface area contributed by atoms with Gasteiger partial charge < -0.3 is 24.8 Å². The van der Waals surface area contributed by atoms with Crippen molar-refractivity contribution < 1.29 is 24.8 Å². The summed E-state index contributed by atoms with van der Waals surface area (Å²) in [5, 5.41) is 28.6. The first-order valence-electron chi connectivity index (χ1n) is 11.1. The highest BCUT2D eigenvalue weighted by molar-refractivity contribution is 4.89. The standard InChI is InChI=1S/C22H42O5/c1-2-3-4-5-6-7-8-9-10-11-12-13-14-15-16-26-22-20(25)18-27-21(22)19(24)17-23/h3-4,19-25H,2,5-18H2,1H3/b4-3+/t19-,20+,21-,22-/m0/s1. The Kier molecular flexibility index (Phi) is 15.0. The molecule has 0 aromatic rings. The Hall–Kier alpha value is -0.460. The van der Waals surface area contributed by atoms with Crippen LogP contribution in [0.2, 0.25) is 0 Å². The van der Waals surface area contributed by atoms with Crippen molar-refractivity contribution in [1.82, 2.24) is 0 Å². The minimum atomic E-state index is -1.00. The third kappa shape index (κ3) is 11.2. The molecule has 0 saturated carbocycles. The zero-order chi connectivity index (χ0) is 19.7. The molecule has 0 unspecified atom stereocenters. The minimum absolute atomic E-state index is 0.155. The molecule has 160 valence electrons. The van der Waals surface area contributed by atoms with Crippen molar-refractivity contribution in [3.8, 4) is 0 Å². The highest BCUT2D eigenvalue weighted by Crippen LogP contribution is 2.21. The molecule has 1 saturated heterocycles. The molecule has 27 heavy (non-hydrogen) atoms. The van der Waals surface area contributed by atoms with Gasteiger partial charge in [-0.15, -0.1) is 0 Å². The molecule has 5 heteroatoms. The van der Waals surface area contributed by atoms with Crippen molar-refractivity contribution in [2.75, 3.05) is 19.8 Å². The number of allylic oxidation sites excluding steroid dienone is 2. The molecule has 0 amide bonds. The van der Waals surface area contributed by atoms with Crippen LogP contribution >= 0.6 is 0 Å². The predicted octanol–water partition coefficient (Wildman–Crippen LogP) is 3.74. The second-order valence-corrected chi connectivity index (χ2v) is 7.65. The van der Waals surface area contributed by atoms with Crippen LogP contribution < -0.4 is 0 Å². The van der Waals surface area contributed by atoms with Gasteiger partial charge in [-0.2, -0.15) is 0 Å². The third-order valence-corrected chi connectivity index (χ3v) is 5.21. The minimum Gasteiger partial charge on any atom is -0.394 e.